The first-order valence-electron chi connectivity index (χ1n) is 8.91. The number of halogens is 1. The lowest BCUT2D eigenvalue weighted by atomic mass is 10.1. The van der Waals surface area contributed by atoms with Crippen LogP contribution < -0.4 is 0 Å². The number of hydrogen-bond donors (Lipinski definition) is 0. The lowest BCUT2D eigenvalue weighted by Crippen LogP contribution is -2.39. The molecule has 4 rings (SSSR count). The SMILES string of the molecule is O=C(Cc1ccc(F)cc1)N1CCC[C@H]1Cn1nnc(-c2cccnc2)n1. The molecule has 0 aliphatic carbocycles. The molecule has 1 aliphatic heterocycles. The third-order valence-corrected chi connectivity index (χ3v) is 4.71. The highest BCUT2D eigenvalue weighted by Gasteiger charge is 2.29. The molecule has 0 bridgehead atoms. The van der Waals surface area contributed by atoms with Gasteiger partial charge in [-0.1, -0.05) is 12.1 Å². The van der Waals surface area contributed by atoms with Crippen LogP contribution in [0.2, 0.25) is 0 Å². The maximum absolute atomic E-state index is 13.0. The van der Waals surface area contributed by atoms with Crippen LogP contribution in [-0.4, -0.2) is 48.6 Å². The molecule has 1 saturated heterocycles. The van der Waals surface area contributed by atoms with Crippen molar-refractivity contribution in [1.29, 1.82) is 0 Å². The summed E-state index contributed by atoms with van der Waals surface area (Å²) < 4.78 is 13.0. The second-order valence-electron chi connectivity index (χ2n) is 6.60. The topological polar surface area (TPSA) is 76.8 Å². The number of aromatic nitrogens is 5. The molecule has 0 spiro atoms. The van der Waals surface area contributed by atoms with Gasteiger partial charge in [0.1, 0.15) is 5.82 Å². The molecule has 0 saturated carbocycles. The van der Waals surface area contributed by atoms with Gasteiger partial charge in [0.15, 0.2) is 0 Å². The summed E-state index contributed by atoms with van der Waals surface area (Å²) in [6, 6.07) is 9.79. The number of likely N-dealkylation sites (tertiary alicyclic amines) is 1. The predicted octanol–water partition coefficient (Wildman–Crippen LogP) is 2.11. The lowest BCUT2D eigenvalue weighted by molar-refractivity contribution is -0.131. The summed E-state index contributed by atoms with van der Waals surface area (Å²) in [4.78, 5) is 20.2. The van der Waals surface area contributed by atoms with E-state index in [2.05, 4.69) is 20.4 Å². The van der Waals surface area contributed by atoms with Crippen molar-refractivity contribution in [1.82, 2.24) is 30.1 Å². The summed E-state index contributed by atoms with van der Waals surface area (Å²) in [6.07, 6.45) is 5.50. The van der Waals surface area contributed by atoms with Crippen LogP contribution >= 0.6 is 0 Å². The second-order valence-corrected chi connectivity index (χ2v) is 6.60. The molecule has 8 heteroatoms. The monoisotopic (exact) mass is 366 g/mol. The fraction of sp³-hybridized carbons (Fsp3) is 0.316. The van der Waals surface area contributed by atoms with Gasteiger partial charge in [-0.25, -0.2) is 4.39 Å². The number of benzene rings is 1. The first-order chi connectivity index (χ1) is 13.2. The normalized spacial score (nSPS) is 16.6. The highest BCUT2D eigenvalue weighted by Crippen LogP contribution is 2.20. The molecule has 2 aromatic heterocycles. The van der Waals surface area contributed by atoms with E-state index in [0.717, 1.165) is 30.5 Å². The molecule has 7 nitrogen and oxygen atoms in total. The van der Waals surface area contributed by atoms with Gasteiger partial charge in [0, 0.05) is 24.5 Å². The summed E-state index contributed by atoms with van der Waals surface area (Å²) in [5.74, 6) is 0.258. The number of hydrogen-bond acceptors (Lipinski definition) is 5. The van der Waals surface area contributed by atoms with Crippen LogP contribution in [0.4, 0.5) is 4.39 Å². The van der Waals surface area contributed by atoms with Gasteiger partial charge in [-0.15, -0.1) is 10.2 Å². The molecule has 27 heavy (non-hydrogen) atoms. The van der Waals surface area contributed by atoms with Crippen LogP contribution in [0.15, 0.2) is 48.8 Å². The van der Waals surface area contributed by atoms with E-state index in [4.69, 9.17) is 0 Å². The Labute approximate surface area is 155 Å². The molecule has 1 amide bonds. The van der Waals surface area contributed by atoms with Crippen LogP contribution in [0.25, 0.3) is 11.4 Å². The molecule has 3 aromatic rings. The van der Waals surface area contributed by atoms with Gasteiger partial charge >= 0.3 is 0 Å². The minimum Gasteiger partial charge on any atom is -0.337 e. The zero-order chi connectivity index (χ0) is 18.6. The third kappa shape index (κ3) is 3.99. The van der Waals surface area contributed by atoms with Crippen LogP contribution in [0.5, 0.6) is 0 Å². The van der Waals surface area contributed by atoms with E-state index in [-0.39, 0.29) is 24.2 Å². The highest BCUT2D eigenvalue weighted by molar-refractivity contribution is 5.79. The fourth-order valence-electron chi connectivity index (χ4n) is 3.35. The smallest absolute Gasteiger partial charge is 0.227 e. The van der Waals surface area contributed by atoms with Gasteiger partial charge in [0.05, 0.1) is 19.0 Å². The quantitative estimate of drug-likeness (QED) is 0.691. The number of tetrazole rings is 1. The Hall–Kier alpha value is -3.16. The molecule has 1 aliphatic rings. The van der Waals surface area contributed by atoms with E-state index in [1.165, 1.54) is 16.9 Å². The Kier molecular flexibility index (Phi) is 4.86. The first kappa shape index (κ1) is 17.3. The Bertz CT molecular complexity index is 911. The van der Waals surface area contributed by atoms with E-state index in [9.17, 15) is 9.18 Å². The van der Waals surface area contributed by atoms with Crippen LogP contribution in [0, 0.1) is 5.82 Å². The van der Waals surface area contributed by atoms with Crippen LogP contribution in [0.1, 0.15) is 18.4 Å². The summed E-state index contributed by atoms with van der Waals surface area (Å²) in [6.45, 7) is 1.22. The minimum absolute atomic E-state index is 0.0360. The molecule has 0 unspecified atom stereocenters. The maximum Gasteiger partial charge on any atom is 0.227 e. The molecule has 1 aromatic carbocycles. The summed E-state index contributed by atoms with van der Waals surface area (Å²) in [5.41, 5.74) is 1.62. The van der Waals surface area contributed by atoms with Gasteiger partial charge in [-0.2, -0.15) is 4.80 Å². The van der Waals surface area contributed by atoms with Crippen molar-refractivity contribution in [2.75, 3.05) is 6.54 Å². The Morgan fingerprint density at radius 1 is 1.22 bits per heavy atom. The number of nitrogens with zero attached hydrogens (tertiary/aromatic N) is 6. The molecule has 0 N–H and O–H groups in total. The number of rotatable bonds is 5. The predicted molar refractivity (Wildman–Crippen MR) is 95.9 cm³/mol. The van der Waals surface area contributed by atoms with E-state index < -0.39 is 0 Å². The summed E-state index contributed by atoms with van der Waals surface area (Å²) in [5, 5.41) is 12.6. The van der Waals surface area contributed by atoms with Gasteiger partial charge < -0.3 is 4.90 Å². The standard InChI is InChI=1S/C19H19FN6O/c20-16-7-5-14(6-8-16)11-18(27)25-10-2-4-17(25)13-26-23-19(22-24-26)15-3-1-9-21-12-15/h1,3,5-9,12,17H,2,4,10-11,13H2/t17-/m0/s1. The van der Waals surface area contributed by atoms with Crippen molar-refractivity contribution < 1.29 is 9.18 Å². The molecule has 138 valence electrons. The molecular weight excluding hydrogens is 347 g/mol. The number of pyridine rings is 1. The average molecular weight is 366 g/mol. The minimum atomic E-state index is -0.299. The Morgan fingerprint density at radius 2 is 2.07 bits per heavy atom. The van der Waals surface area contributed by atoms with Crippen LogP contribution in [0.3, 0.4) is 0 Å². The van der Waals surface area contributed by atoms with Gasteiger partial charge in [-0.05, 0) is 47.9 Å². The Balaban J connectivity index is 1.42. The molecule has 3 heterocycles. The zero-order valence-corrected chi connectivity index (χ0v) is 14.7. The average Bonchev–Trinajstić information content (AvgIpc) is 3.34. The number of carbonyl (C=O) groups excluding carboxylic acids is 1. The van der Waals surface area contributed by atoms with E-state index >= 15 is 0 Å². The maximum atomic E-state index is 13.0. The second kappa shape index (κ2) is 7.61. The van der Waals surface area contributed by atoms with Gasteiger partial charge in [-0.3, -0.25) is 9.78 Å². The van der Waals surface area contributed by atoms with Gasteiger partial charge in [0.25, 0.3) is 0 Å². The first-order valence-corrected chi connectivity index (χ1v) is 8.91. The van der Waals surface area contributed by atoms with Crippen LogP contribution in [-0.2, 0) is 17.8 Å². The van der Waals surface area contributed by atoms with Crippen molar-refractivity contribution in [3.05, 3.63) is 60.2 Å². The largest absolute Gasteiger partial charge is 0.337 e. The van der Waals surface area contributed by atoms with Gasteiger partial charge in [0.2, 0.25) is 11.7 Å². The number of carbonyl (C=O) groups is 1. The summed E-state index contributed by atoms with van der Waals surface area (Å²) >= 11 is 0. The number of amides is 1. The van der Waals surface area contributed by atoms with Crippen molar-refractivity contribution in [3.63, 3.8) is 0 Å². The summed E-state index contributed by atoms with van der Waals surface area (Å²) in [7, 11) is 0. The molecule has 1 atom stereocenters. The van der Waals surface area contributed by atoms with E-state index in [1.807, 2.05) is 17.0 Å². The zero-order valence-electron chi connectivity index (χ0n) is 14.7. The molecular formula is C19H19FN6O. The van der Waals surface area contributed by atoms with Crippen molar-refractivity contribution in [2.45, 2.75) is 31.8 Å². The third-order valence-electron chi connectivity index (χ3n) is 4.71. The molecule has 1 fully saturated rings. The highest BCUT2D eigenvalue weighted by atomic mass is 19.1. The van der Waals surface area contributed by atoms with E-state index in [1.54, 1.807) is 24.5 Å². The Morgan fingerprint density at radius 3 is 2.85 bits per heavy atom. The van der Waals surface area contributed by atoms with E-state index in [0.29, 0.717) is 12.4 Å². The fourth-order valence-corrected chi connectivity index (χ4v) is 3.35. The van der Waals surface area contributed by atoms with Crippen molar-refractivity contribution >= 4 is 5.91 Å². The lowest BCUT2D eigenvalue weighted by Gasteiger charge is -2.24. The van der Waals surface area contributed by atoms with Crippen molar-refractivity contribution in [3.8, 4) is 11.4 Å². The molecule has 0 radical (unpaired) electrons. The van der Waals surface area contributed by atoms with Crippen molar-refractivity contribution in [2.24, 2.45) is 0 Å².